The lowest BCUT2D eigenvalue weighted by atomic mass is 9.97. The molecule has 0 amide bonds. The third-order valence-electron chi connectivity index (χ3n) is 3.27. The molecule has 1 aliphatic carbocycles. The van der Waals surface area contributed by atoms with Gasteiger partial charge in [-0.3, -0.25) is 0 Å². The van der Waals surface area contributed by atoms with Gasteiger partial charge in [-0.2, -0.15) is 0 Å². The van der Waals surface area contributed by atoms with Crippen LogP contribution in [-0.2, 0) is 12.8 Å². The molecule has 2 heteroatoms. The predicted octanol–water partition coefficient (Wildman–Crippen LogP) is 3.19. The maximum Gasteiger partial charge on any atom is 0.119 e. The van der Waals surface area contributed by atoms with Gasteiger partial charge in [0.1, 0.15) is 12.4 Å². The van der Waals surface area contributed by atoms with Crippen LogP contribution in [0.1, 0.15) is 38.3 Å². The Kier molecular flexibility index (Phi) is 4.28. The Morgan fingerprint density at radius 1 is 1.17 bits per heavy atom. The fourth-order valence-electron chi connectivity index (χ4n) is 2.34. The Bertz CT molecular complexity index is 393. The van der Waals surface area contributed by atoms with E-state index in [2.05, 4.69) is 44.3 Å². The quantitative estimate of drug-likeness (QED) is 0.807. The summed E-state index contributed by atoms with van der Waals surface area (Å²) in [6, 6.07) is 6.54. The highest BCUT2D eigenvalue weighted by Gasteiger charge is 2.11. The molecule has 1 N–H and O–H groups in total. The van der Waals surface area contributed by atoms with E-state index in [1.165, 1.54) is 30.4 Å². The minimum Gasteiger partial charge on any atom is -0.492 e. The topological polar surface area (TPSA) is 21.3 Å². The van der Waals surface area contributed by atoms with Crippen molar-refractivity contribution in [2.45, 2.75) is 40.0 Å². The number of rotatable bonds is 5. The summed E-state index contributed by atoms with van der Waals surface area (Å²) >= 11 is 0. The van der Waals surface area contributed by atoms with Crippen LogP contribution in [0.2, 0.25) is 0 Å². The molecule has 0 aliphatic heterocycles. The maximum absolute atomic E-state index is 5.78. The van der Waals surface area contributed by atoms with Crippen molar-refractivity contribution in [3.8, 4) is 5.75 Å². The van der Waals surface area contributed by atoms with Crippen molar-refractivity contribution in [2.24, 2.45) is 5.41 Å². The van der Waals surface area contributed by atoms with Gasteiger partial charge in [0.25, 0.3) is 0 Å². The van der Waals surface area contributed by atoms with Gasteiger partial charge in [-0.25, -0.2) is 0 Å². The van der Waals surface area contributed by atoms with E-state index >= 15 is 0 Å². The van der Waals surface area contributed by atoms with Crippen LogP contribution in [0.3, 0.4) is 0 Å². The average Bonchev–Trinajstić information content (AvgIpc) is 2.74. The van der Waals surface area contributed by atoms with Gasteiger partial charge in [-0.05, 0) is 47.9 Å². The number of hydrogen-bond acceptors (Lipinski definition) is 2. The van der Waals surface area contributed by atoms with Crippen molar-refractivity contribution >= 4 is 0 Å². The standard InChI is InChI=1S/C16H25NO/c1-16(2,3)12-17-9-10-18-15-8-7-13-5-4-6-14(13)11-15/h7-8,11,17H,4-6,9-10,12H2,1-3H3. The summed E-state index contributed by atoms with van der Waals surface area (Å²) in [7, 11) is 0. The van der Waals surface area contributed by atoms with Crippen molar-refractivity contribution in [1.29, 1.82) is 0 Å². The highest BCUT2D eigenvalue weighted by molar-refractivity contribution is 5.38. The first-order chi connectivity index (χ1) is 8.54. The highest BCUT2D eigenvalue weighted by atomic mass is 16.5. The molecule has 0 unspecified atom stereocenters. The number of fused-ring (bicyclic) bond motifs is 1. The molecule has 18 heavy (non-hydrogen) atoms. The number of hydrogen-bond donors (Lipinski definition) is 1. The molecule has 0 aromatic heterocycles. The number of aryl methyl sites for hydroxylation is 2. The molecule has 0 fully saturated rings. The van der Waals surface area contributed by atoms with E-state index in [0.717, 1.165) is 25.4 Å². The van der Waals surface area contributed by atoms with Crippen molar-refractivity contribution in [2.75, 3.05) is 19.7 Å². The fraction of sp³-hybridized carbons (Fsp3) is 0.625. The van der Waals surface area contributed by atoms with Gasteiger partial charge in [0.15, 0.2) is 0 Å². The summed E-state index contributed by atoms with van der Waals surface area (Å²) < 4.78 is 5.78. The van der Waals surface area contributed by atoms with Gasteiger partial charge in [-0.15, -0.1) is 0 Å². The van der Waals surface area contributed by atoms with E-state index in [9.17, 15) is 0 Å². The van der Waals surface area contributed by atoms with Crippen LogP contribution >= 0.6 is 0 Å². The largest absolute Gasteiger partial charge is 0.492 e. The summed E-state index contributed by atoms with van der Waals surface area (Å²) in [5, 5.41) is 3.42. The van der Waals surface area contributed by atoms with Crippen molar-refractivity contribution in [1.82, 2.24) is 5.32 Å². The molecule has 2 rings (SSSR count). The molecule has 0 spiro atoms. The molecule has 0 atom stereocenters. The predicted molar refractivity (Wildman–Crippen MR) is 76.3 cm³/mol. The zero-order chi connectivity index (χ0) is 13.0. The normalized spacial score (nSPS) is 14.6. The second-order valence-corrected chi connectivity index (χ2v) is 6.37. The van der Waals surface area contributed by atoms with Crippen LogP contribution in [0, 0.1) is 5.41 Å². The second-order valence-electron chi connectivity index (χ2n) is 6.37. The van der Waals surface area contributed by atoms with Crippen LogP contribution < -0.4 is 10.1 Å². The maximum atomic E-state index is 5.78. The molecular weight excluding hydrogens is 222 g/mol. The van der Waals surface area contributed by atoms with E-state index in [0.29, 0.717) is 5.41 Å². The summed E-state index contributed by atoms with van der Waals surface area (Å²) in [4.78, 5) is 0. The Morgan fingerprint density at radius 2 is 1.94 bits per heavy atom. The SMILES string of the molecule is CC(C)(C)CNCCOc1ccc2c(c1)CCC2. The van der Waals surface area contributed by atoms with Crippen LogP contribution in [0.25, 0.3) is 0 Å². The monoisotopic (exact) mass is 247 g/mol. The van der Waals surface area contributed by atoms with Gasteiger partial charge >= 0.3 is 0 Å². The van der Waals surface area contributed by atoms with Crippen LogP contribution in [0.15, 0.2) is 18.2 Å². The van der Waals surface area contributed by atoms with Crippen LogP contribution in [-0.4, -0.2) is 19.7 Å². The van der Waals surface area contributed by atoms with E-state index in [-0.39, 0.29) is 0 Å². The molecule has 1 aliphatic rings. The highest BCUT2D eigenvalue weighted by Crippen LogP contribution is 2.25. The van der Waals surface area contributed by atoms with E-state index in [4.69, 9.17) is 4.74 Å². The minimum atomic E-state index is 0.341. The molecule has 0 bridgehead atoms. The van der Waals surface area contributed by atoms with Gasteiger partial charge in [0.05, 0.1) is 0 Å². The van der Waals surface area contributed by atoms with Gasteiger partial charge in [0.2, 0.25) is 0 Å². The Balaban J connectivity index is 1.71. The van der Waals surface area contributed by atoms with Crippen molar-refractivity contribution < 1.29 is 4.74 Å². The zero-order valence-electron chi connectivity index (χ0n) is 11.9. The molecule has 100 valence electrons. The van der Waals surface area contributed by atoms with Crippen molar-refractivity contribution in [3.05, 3.63) is 29.3 Å². The van der Waals surface area contributed by atoms with Gasteiger partial charge < -0.3 is 10.1 Å². The Labute approximate surface area is 111 Å². The smallest absolute Gasteiger partial charge is 0.119 e. The summed E-state index contributed by atoms with van der Waals surface area (Å²) in [5.41, 5.74) is 3.33. The molecular formula is C16H25NO. The fourth-order valence-corrected chi connectivity index (χ4v) is 2.34. The van der Waals surface area contributed by atoms with Gasteiger partial charge in [-0.1, -0.05) is 26.8 Å². The third kappa shape index (κ3) is 4.02. The lowest BCUT2D eigenvalue weighted by Crippen LogP contribution is -2.30. The van der Waals surface area contributed by atoms with Crippen molar-refractivity contribution in [3.63, 3.8) is 0 Å². The lowest BCUT2D eigenvalue weighted by Gasteiger charge is -2.18. The van der Waals surface area contributed by atoms with Crippen LogP contribution in [0.5, 0.6) is 5.75 Å². The number of ether oxygens (including phenoxy) is 1. The number of nitrogens with one attached hydrogen (secondary N) is 1. The molecule has 1 aromatic rings. The van der Waals surface area contributed by atoms with E-state index < -0.39 is 0 Å². The number of benzene rings is 1. The molecule has 0 saturated carbocycles. The third-order valence-corrected chi connectivity index (χ3v) is 3.27. The molecule has 0 heterocycles. The molecule has 0 saturated heterocycles. The first kappa shape index (κ1) is 13.4. The Hall–Kier alpha value is -1.02. The van der Waals surface area contributed by atoms with E-state index in [1.807, 2.05) is 0 Å². The second kappa shape index (κ2) is 5.75. The lowest BCUT2D eigenvalue weighted by molar-refractivity contribution is 0.297. The first-order valence-electron chi connectivity index (χ1n) is 7.00. The summed E-state index contributed by atoms with van der Waals surface area (Å²) in [6.07, 6.45) is 3.75. The Morgan fingerprint density at radius 3 is 2.72 bits per heavy atom. The zero-order valence-corrected chi connectivity index (χ0v) is 11.9. The van der Waals surface area contributed by atoms with E-state index in [1.54, 1.807) is 0 Å². The minimum absolute atomic E-state index is 0.341. The summed E-state index contributed by atoms with van der Waals surface area (Å²) in [6.45, 7) is 9.40. The van der Waals surface area contributed by atoms with Crippen LogP contribution in [0.4, 0.5) is 0 Å². The summed E-state index contributed by atoms with van der Waals surface area (Å²) in [5.74, 6) is 1.02. The average molecular weight is 247 g/mol. The molecule has 1 aromatic carbocycles. The van der Waals surface area contributed by atoms with Gasteiger partial charge in [0, 0.05) is 13.1 Å². The molecule has 2 nitrogen and oxygen atoms in total. The first-order valence-corrected chi connectivity index (χ1v) is 7.00. The molecule has 0 radical (unpaired) electrons.